The van der Waals surface area contributed by atoms with Gasteiger partial charge in [0, 0.05) is 18.7 Å². The van der Waals surface area contributed by atoms with Crippen LogP contribution < -0.4 is 10.6 Å². The molecule has 32 heavy (non-hydrogen) atoms. The summed E-state index contributed by atoms with van der Waals surface area (Å²) in [5.74, 6) is -0.402. The van der Waals surface area contributed by atoms with E-state index in [2.05, 4.69) is 15.7 Å². The number of nitrogens with one attached hydrogen (secondary N) is 2. The van der Waals surface area contributed by atoms with E-state index in [1.807, 2.05) is 0 Å². The van der Waals surface area contributed by atoms with Gasteiger partial charge in [0.25, 0.3) is 0 Å². The lowest BCUT2D eigenvalue weighted by molar-refractivity contribution is -0.140. The molecule has 2 amide bonds. The first-order valence-electron chi connectivity index (χ1n) is 9.79. The number of rotatable bonds is 7. The van der Waals surface area contributed by atoms with Crippen molar-refractivity contribution in [1.82, 2.24) is 20.4 Å². The number of carbonyl (C=O) groups is 3. The maximum atomic E-state index is 12.6. The molecule has 0 saturated heterocycles. The lowest BCUT2D eigenvalue weighted by atomic mass is 10.0. The van der Waals surface area contributed by atoms with Crippen molar-refractivity contribution in [2.24, 2.45) is 7.05 Å². The second kappa shape index (κ2) is 9.73. The molecule has 11 heteroatoms. The SMILES string of the molecule is CCOC(=O)C1=C(COC(=O)/C=C/c2c(C)nn(C)c2Cl)NC(=O)NC1c1ccc(C)o1. The molecule has 0 spiro atoms. The zero-order valence-electron chi connectivity index (χ0n) is 18.0. The van der Waals surface area contributed by atoms with Crippen LogP contribution in [0.25, 0.3) is 6.08 Å². The van der Waals surface area contributed by atoms with Gasteiger partial charge in [0.15, 0.2) is 0 Å². The van der Waals surface area contributed by atoms with Gasteiger partial charge in [-0.25, -0.2) is 14.4 Å². The molecular formula is C21H23ClN4O6. The summed E-state index contributed by atoms with van der Waals surface area (Å²) in [6.45, 7) is 4.93. The van der Waals surface area contributed by atoms with Crippen LogP contribution in [0.1, 0.15) is 35.7 Å². The molecule has 0 aliphatic carbocycles. The molecule has 0 aromatic carbocycles. The molecule has 0 fully saturated rings. The molecule has 2 N–H and O–H groups in total. The van der Waals surface area contributed by atoms with Crippen molar-refractivity contribution in [1.29, 1.82) is 0 Å². The predicted octanol–water partition coefficient (Wildman–Crippen LogP) is 2.71. The Bertz CT molecular complexity index is 1110. The number of aryl methyl sites for hydroxylation is 3. The number of nitrogens with zero attached hydrogens (tertiary/aromatic N) is 2. The number of hydrogen-bond acceptors (Lipinski definition) is 7. The van der Waals surface area contributed by atoms with Crippen LogP contribution in [0.4, 0.5) is 4.79 Å². The van der Waals surface area contributed by atoms with Gasteiger partial charge in [-0.15, -0.1) is 0 Å². The highest BCUT2D eigenvalue weighted by Gasteiger charge is 2.35. The molecule has 0 bridgehead atoms. The van der Waals surface area contributed by atoms with Crippen LogP contribution >= 0.6 is 11.6 Å². The topological polar surface area (TPSA) is 125 Å². The van der Waals surface area contributed by atoms with Gasteiger partial charge >= 0.3 is 18.0 Å². The quantitative estimate of drug-likeness (QED) is 0.478. The van der Waals surface area contributed by atoms with E-state index in [0.29, 0.717) is 27.9 Å². The van der Waals surface area contributed by atoms with Gasteiger partial charge < -0.3 is 24.5 Å². The van der Waals surface area contributed by atoms with E-state index in [1.54, 1.807) is 40.0 Å². The van der Waals surface area contributed by atoms with E-state index in [4.69, 9.17) is 25.5 Å². The van der Waals surface area contributed by atoms with Crippen LogP contribution in [0.3, 0.4) is 0 Å². The van der Waals surface area contributed by atoms with Crippen molar-refractivity contribution in [3.05, 3.63) is 57.4 Å². The largest absolute Gasteiger partial charge is 0.464 e. The van der Waals surface area contributed by atoms with Crippen molar-refractivity contribution in [3.8, 4) is 0 Å². The lowest BCUT2D eigenvalue weighted by Gasteiger charge is -2.27. The number of hydrogen-bond donors (Lipinski definition) is 2. The molecule has 0 radical (unpaired) electrons. The van der Waals surface area contributed by atoms with Crippen molar-refractivity contribution in [2.75, 3.05) is 13.2 Å². The number of ether oxygens (including phenoxy) is 2. The van der Waals surface area contributed by atoms with Crippen LogP contribution in [0.2, 0.25) is 5.15 Å². The van der Waals surface area contributed by atoms with E-state index in [1.165, 1.54) is 16.8 Å². The molecule has 3 heterocycles. The van der Waals surface area contributed by atoms with Crippen LogP contribution in [0.5, 0.6) is 0 Å². The number of furan rings is 1. The van der Waals surface area contributed by atoms with Crippen molar-refractivity contribution < 1.29 is 28.3 Å². The third-order valence-electron chi connectivity index (χ3n) is 4.64. The number of carbonyl (C=O) groups excluding carboxylic acids is 3. The molecule has 3 rings (SSSR count). The summed E-state index contributed by atoms with van der Waals surface area (Å²) in [4.78, 5) is 37.1. The maximum Gasteiger partial charge on any atom is 0.338 e. The molecule has 1 unspecified atom stereocenters. The average molecular weight is 463 g/mol. The fourth-order valence-electron chi connectivity index (χ4n) is 3.18. The van der Waals surface area contributed by atoms with E-state index >= 15 is 0 Å². The third kappa shape index (κ3) is 5.02. The van der Waals surface area contributed by atoms with Gasteiger partial charge in [-0.2, -0.15) is 5.10 Å². The summed E-state index contributed by atoms with van der Waals surface area (Å²) >= 11 is 6.15. The first kappa shape index (κ1) is 23.1. The van der Waals surface area contributed by atoms with E-state index in [9.17, 15) is 14.4 Å². The fourth-order valence-corrected chi connectivity index (χ4v) is 3.42. The van der Waals surface area contributed by atoms with E-state index < -0.39 is 24.0 Å². The average Bonchev–Trinajstić information content (AvgIpc) is 3.27. The standard InChI is InChI=1S/C21H23ClN4O6/c1-5-30-20(28)17-14(23-21(29)24-18(17)15-8-6-11(2)32-15)10-31-16(27)9-7-13-12(3)25-26(4)19(13)22/h6-9,18H,5,10H2,1-4H3,(H2,23,24,29)/b9-7+. The number of urea groups is 1. The molecule has 10 nitrogen and oxygen atoms in total. The van der Waals surface area contributed by atoms with Crippen LogP contribution in [-0.2, 0) is 26.1 Å². The molecule has 1 aliphatic rings. The summed E-state index contributed by atoms with van der Waals surface area (Å²) in [6, 6.07) is 1.90. The Hall–Kier alpha value is -3.53. The van der Waals surface area contributed by atoms with E-state index in [-0.39, 0.29) is 24.5 Å². The highest BCUT2D eigenvalue weighted by Crippen LogP contribution is 2.29. The minimum Gasteiger partial charge on any atom is -0.464 e. The van der Waals surface area contributed by atoms with Crippen LogP contribution in [0, 0.1) is 13.8 Å². The fraction of sp³-hybridized carbons (Fsp3) is 0.333. The Balaban J connectivity index is 1.83. The van der Waals surface area contributed by atoms with Gasteiger partial charge in [0.2, 0.25) is 0 Å². The number of amides is 2. The molecule has 0 saturated carbocycles. The Labute approximate surface area is 189 Å². The lowest BCUT2D eigenvalue weighted by Crippen LogP contribution is -2.47. The Kier molecular flexibility index (Phi) is 7.04. The molecule has 2 aromatic heterocycles. The number of aromatic nitrogens is 2. The minimum atomic E-state index is -0.891. The molecule has 1 atom stereocenters. The van der Waals surface area contributed by atoms with Crippen molar-refractivity contribution in [2.45, 2.75) is 26.8 Å². The Morgan fingerprint density at radius 2 is 2.06 bits per heavy atom. The second-order valence-corrected chi connectivity index (χ2v) is 7.31. The first-order chi connectivity index (χ1) is 15.2. The third-order valence-corrected chi connectivity index (χ3v) is 5.08. The zero-order valence-corrected chi connectivity index (χ0v) is 18.8. The van der Waals surface area contributed by atoms with Gasteiger partial charge in [-0.1, -0.05) is 11.6 Å². The van der Waals surface area contributed by atoms with Crippen LogP contribution in [-0.4, -0.2) is 41.0 Å². The summed E-state index contributed by atoms with van der Waals surface area (Å²) < 4.78 is 17.5. The van der Waals surface area contributed by atoms with Crippen molar-refractivity contribution in [3.63, 3.8) is 0 Å². The molecule has 2 aromatic rings. The summed E-state index contributed by atoms with van der Waals surface area (Å²) in [5.41, 5.74) is 1.42. The Morgan fingerprint density at radius 1 is 1.31 bits per heavy atom. The summed E-state index contributed by atoms with van der Waals surface area (Å²) in [6.07, 6.45) is 2.68. The Morgan fingerprint density at radius 3 is 2.66 bits per heavy atom. The molecular weight excluding hydrogens is 440 g/mol. The van der Waals surface area contributed by atoms with Gasteiger partial charge in [0.05, 0.1) is 23.6 Å². The monoisotopic (exact) mass is 462 g/mol. The normalized spacial score (nSPS) is 16.2. The molecule has 170 valence electrons. The number of halogens is 1. The summed E-state index contributed by atoms with van der Waals surface area (Å²) in [7, 11) is 1.69. The van der Waals surface area contributed by atoms with E-state index in [0.717, 1.165) is 0 Å². The molecule has 1 aliphatic heterocycles. The highest BCUT2D eigenvalue weighted by atomic mass is 35.5. The highest BCUT2D eigenvalue weighted by molar-refractivity contribution is 6.31. The summed E-state index contributed by atoms with van der Waals surface area (Å²) in [5, 5.41) is 9.69. The number of esters is 2. The zero-order chi connectivity index (χ0) is 23.4. The van der Waals surface area contributed by atoms with Crippen molar-refractivity contribution >= 4 is 35.6 Å². The predicted molar refractivity (Wildman–Crippen MR) is 114 cm³/mol. The van der Waals surface area contributed by atoms with Gasteiger partial charge in [-0.05, 0) is 39.0 Å². The van der Waals surface area contributed by atoms with Gasteiger partial charge in [-0.3, -0.25) is 4.68 Å². The van der Waals surface area contributed by atoms with Crippen LogP contribution in [0.15, 0.2) is 33.9 Å². The maximum absolute atomic E-state index is 12.6. The smallest absolute Gasteiger partial charge is 0.338 e. The second-order valence-electron chi connectivity index (χ2n) is 6.95. The van der Waals surface area contributed by atoms with Gasteiger partial charge in [0.1, 0.15) is 29.3 Å². The minimum absolute atomic E-state index is 0.0868. The first-order valence-corrected chi connectivity index (χ1v) is 10.2.